The molecular weight excluding hydrogens is 374 g/mol. The van der Waals surface area contributed by atoms with Crippen LogP contribution in [0.15, 0.2) is 74.3 Å². The highest BCUT2D eigenvalue weighted by Gasteiger charge is 2.12. The zero-order valence-corrected chi connectivity index (χ0v) is 16.1. The summed E-state index contributed by atoms with van der Waals surface area (Å²) in [7, 11) is 1.59. The smallest absolute Gasteiger partial charge is 0.345 e. The molecule has 6 nitrogen and oxygen atoms in total. The number of benzene rings is 2. The number of anilines is 1. The van der Waals surface area contributed by atoms with Gasteiger partial charge in [0.25, 0.3) is 0 Å². The van der Waals surface area contributed by atoms with E-state index in [4.69, 9.17) is 9.15 Å². The van der Waals surface area contributed by atoms with Crippen LogP contribution in [0.4, 0.5) is 5.13 Å². The number of rotatable bonds is 5. The lowest BCUT2D eigenvalue weighted by Gasteiger charge is -2.03. The van der Waals surface area contributed by atoms with Crippen LogP contribution < -0.4 is 15.8 Å². The van der Waals surface area contributed by atoms with Crippen LogP contribution in [-0.2, 0) is 0 Å². The number of fused-ring (bicyclic) bond motifs is 1. The summed E-state index contributed by atoms with van der Waals surface area (Å²) in [5.41, 5.74) is 5.83. The number of aromatic nitrogens is 1. The highest BCUT2D eigenvalue weighted by Crippen LogP contribution is 2.27. The Morgan fingerprint density at radius 1 is 1.18 bits per heavy atom. The van der Waals surface area contributed by atoms with Crippen LogP contribution in [-0.4, -0.2) is 17.8 Å². The topological polar surface area (TPSA) is 76.7 Å². The van der Waals surface area contributed by atoms with Crippen molar-refractivity contribution in [2.24, 2.45) is 5.10 Å². The van der Waals surface area contributed by atoms with Crippen LogP contribution in [0, 0.1) is 0 Å². The van der Waals surface area contributed by atoms with Crippen molar-refractivity contribution < 1.29 is 9.15 Å². The van der Waals surface area contributed by atoms with E-state index in [1.165, 1.54) is 11.3 Å². The van der Waals surface area contributed by atoms with E-state index in [2.05, 4.69) is 15.5 Å². The molecule has 0 saturated carbocycles. The van der Waals surface area contributed by atoms with E-state index in [0.717, 1.165) is 16.7 Å². The minimum absolute atomic E-state index is 0.397. The van der Waals surface area contributed by atoms with Gasteiger partial charge in [-0.05, 0) is 36.8 Å². The molecule has 2 aromatic heterocycles. The van der Waals surface area contributed by atoms with Crippen LogP contribution in [0.25, 0.3) is 22.2 Å². The molecule has 0 unspecified atom stereocenters. The maximum Gasteiger partial charge on any atom is 0.345 e. The third-order valence-corrected chi connectivity index (χ3v) is 4.98. The Morgan fingerprint density at radius 3 is 2.79 bits per heavy atom. The van der Waals surface area contributed by atoms with Crippen molar-refractivity contribution in [2.45, 2.75) is 6.92 Å². The van der Waals surface area contributed by atoms with Crippen molar-refractivity contribution in [1.29, 1.82) is 0 Å². The molecule has 0 atom stereocenters. The molecule has 0 aliphatic heterocycles. The van der Waals surface area contributed by atoms with Gasteiger partial charge in [0.2, 0.25) is 5.13 Å². The highest BCUT2D eigenvalue weighted by molar-refractivity contribution is 7.14. The van der Waals surface area contributed by atoms with Crippen molar-refractivity contribution in [3.8, 4) is 17.0 Å². The third-order valence-electron chi connectivity index (χ3n) is 4.23. The summed E-state index contributed by atoms with van der Waals surface area (Å²) in [6.45, 7) is 1.92. The molecule has 0 spiro atoms. The molecular formula is C21H17N3O3S. The molecule has 0 aliphatic rings. The number of hydrogen-bond acceptors (Lipinski definition) is 7. The molecule has 4 rings (SSSR count). The van der Waals surface area contributed by atoms with Gasteiger partial charge in [0.05, 0.1) is 24.1 Å². The summed E-state index contributed by atoms with van der Waals surface area (Å²) >= 11 is 1.37. The van der Waals surface area contributed by atoms with Crippen molar-refractivity contribution in [3.63, 3.8) is 0 Å². The monoisotopic (exact) mass is 391 g/mol. The molecule has 0 amide bonds. The summed E-state index contributed by atoms with van der Waals surface area (Å²) in [5.74, 6) is 0.693. The Kier molecular flexibility index (Phi) is 4.90. The zero-order chi connectivity index (χ0) is 19.5. The first-order valence-corrected chi connectivity index (χ1v) is 9.45. The van der Waals surface area contributed by atoms with Crippen LogP contribution in [0.5, 0.6) is 5.75 Å². The van der Waals surface area contributed by atoms with Crippen molar-refractivity contribution in [1.82, 2.24) is 4.98 Å². The molecule has 0 fully saturated rings. The van der Waals surface area contributed by atoms with E-state index < -0.39 is 5.63 Å². The van der Waals surface area contributed by atoms with Gasteiger partial charge < -0.3 is 9.15 Å². The highest BCUT2D eigenvalue weighted by atomic mass is 32.1. The fourth-order valence-corrected chi connectivity index (χ4v) is 3.38. The molecule has 2 heterocycles. The van der Waals surface area contributed by atoms with Gasteiger partial charge in [0, 0.05) is 10.8 Å². The molecule has 2 aromatic carbocycles. The van der Waals surface area contributed by atoms with E-state index in [-0.39, 0.29) is 0 Å². The second-order valence-corrected chi connectivity index (χ2v) is 6.92. The molecule has 0 bridgehead atoms. The molecule has 7 heteroatoms. The summed E-state index contributed by atoms with van der Waals surface area (Å²) in [5, 5.41) is 7.53. The lowest BCUT2D eigenvalue weighted by atomic mass is 10.1. The van der Waals surface area contributed by atoms with E-state index in [0.29, 0.717) is 27.7 Å². The van der Waals surface area contributed by atoms with Gasteiger partial charge in [0.1, 0.15) is 11.3 Å². The summed E-state index contributed by atoms with van der Waals surface area (Å²) < 4.78 is 10.7. The first-order valence-electron chi connectivity index (χ1n) is 8.57. The second-order valence-electron chi connectivity index (χ2n) is 6.06. The Hall–Kier alpha value is -3.45. The Labute approximate surface area is 165 Å². The van der Waals surface area contributed by atoms with Gasteiger partial charge in [-0.25, -0.2) is 9.78 Å². The Morgan fingerprint density at radius 2 is 2.00 bits per heavy atom. The lowest BCUT2D eigenvalue weighted by molar-refractivity contribution is 0.415. The van der Waals surface area contributed by atoms with Gasteiger partial charge in [0.15, 0.2) is 0 Å². The average molecular weight is 391 g/mol. The molecule has 1 N–H and O–H groups in total. The van der Waals surface area contributed by atoms with Crippen LogP contribution >= 0.6 is 11.3 Å². The van der Waals surface area contributed by atoms with E-state index in [9.17, 15) is 4.79 Å². The van der Waals surface area contributed by atoms with Crippen LogP contribution in [0.2, 0.25) is 0 Å². The maximum absolute atomic E-state index is 12.4. The van der Waals surface area contributed by atoms with Crippen LogP contribution in [0.3, 0.4) is 0 Å². The first-order chi connectivity index (χ1) is 13.6. The molecule has 0 saturated heterocycles. The summed E-state index contributed by atoms with van der Waals surface area (Å²) in [6, 6.07) is 16.9. The molecule has 28 heavy (non-hydrogen) atoms. The number of methoxy groups -OCH3 is 1. The number of hydrogen-bond donors (Lipinski definition) is 1. The van der Waals surface area contributed by atoms with Crippen LogP contribution in [0.1, 0.15) is 12.5 Å². The fraction of sp³-hybridized carbons (Fsp3) is 0.0952. The van der Waals surface area contributed by atoms with E-state index >= 15 is 0 Å². The Bertz CT molecular complexity index is 1210. The molecule has 140 valence electrons. The number of thiazole rings is 1. The molecule has 0 radical (unpaired) electrons. The lowest BCUT2D eigenvalue weighted by Crippen LogP contribution is -2.03. The van der Waals surface area contributed by atoms with Crippen molar-refractivity contribution in [2.75, 3.05) is 12.5 Å². The number of ether oxygens (including phenoxy) is 1. The third kappa shape index (κ3) is 3.65. The van der Waals surface area contributed by atoms with Gasteiger partial charge in [-0.2, -0.15) is 5.10 Å². The van der Waals surface area contributed by atoms with Gasteiger partial charge in [-0.1, -0.05) is 30.3 Å². The molecule has 0 aliphatic carbocycles. The van der Waals surface area contributed by atoms with Gasteiger partial charge in [-0.15, -0.1) is 11.3 Å². The predicted octanol–water partition coefficient (Wildman–Crippen LogP) is 4.76. The van der Waals surface area contributed by atoms with Crippen molar-refractivity contribution in [3.05, 3.63) is 76.0 Å². The number of nitrogens with one attached hydrogen (secondary N) is 1. The summed E-state index contributed by atoms with van der Waals surface area (Å²) in [6.07, 6.45) is 0. The zero-order valence-electron chi connectivity index (χ0n) is 15.3. The number of nitrogens with zero attached hydrogens (tertiary/aromatic N) is 2. The minimum Gasteiger partial charge on any atom is -0.497 e. The largest absolute Gasteiger partial charge is 0.497 e. The predicted molar refractivity (Wildman–Crippen MR) is 112 cm³/mol. The normalized spacial score (nSPS) is 11.6. The van der Waals surface area contributed by atoms with Gasteiger partial charge in [-0.3, -0.25) is 5.43 Å². The number of hydrazone groups is 1. The summed E-state index contributed by atoms with van der Waals surface area (Å²) in [4.78, 5) is 16.8. The second kappa shape index (κ2) is 7.66. The Balaban J connectivity index is 1.62. The van der Waals surface area contributed by atoms with E-state index in [1.54, 1.807) is 30.7 Å². The maximum atomic E-state index is 12.4. The SMILES string of the molecule is COc1ccc2oc(=O)c(-c3csc(N/N=C(\C)c4ccccc4)n3)cc2c1. The minimum atomic E-state index is -0.432. The first kappa shape index (κ1) is 17.9. The van der Waals surface area contributed by atoms with Crippen molar-refractivity contribution >= 4 is 33.1 Å². The quantitative estimate of drug-likeness (QED) is 0.301. The van der Waals surface area contributed by atoms with E-state index in [1.807, 2.05) is 43.3 Å². The average Bonchev–Trinajstić information content (AvgIpc) is 3.20. The fourth-order valence-electron chi connectivity index (χ4n) is 2.73. The molecule has 4 aromatic rings. The van der Waals surface area contributed by atoms with Gasteiger partial charge >= 0.3 is 5.63 Å². The standard InChI is InChI=1S/C21H17N3O3S/c1-13(14-6-4-3-5-7-14)23-24-21-22-18(12-28-21)17-11-15-10-16(26-2)8-9-19(15)27-20(17)25/h3-12H,1-2H3,(H,22,24)/b23-13+.